The van der Waals surface area contributed by atoms with Crippen molar-refractivity contribution in [2.75, 3.05) is 6.54 Å². The number of carboxylic acids is 1. The van der Waals surface area contributed by atoms with E-state index < -0.39 is 5.97 Å². The molecule has 8 heteroatoms. The molecule has 1 amide bonds. The van der Waals surface area contributed by atoms with Crippen molar-refractivity contribution in [2.45, 2.75) is 39.4 Å². The van der Waals surface area contributed by atoms with Gasteiger partial charge >= 0.3 is 5.97 Å². The topological polar surface area (TPSA) is 114 Å². The van der Waals surface area contributed by atoms with Crippen LogP contribution in [-0.4, -0.2) is 49.5 Å². The van der Waals surface area contributed by atoms with Crippen molar-refractivity contribution in [3.05, 3.63) is 11.9 Å². The second-order valence-electron chi connectivity index (χ2n) is 4.24. The van der Waals surface area contributed by atoms with Crippen LogP contribution in [0.1, 0.15) is 26.0 Å². The van der Waals surface area contributed by atoms with E-state index in [2.05, 4.69) is 10.3 Å². The first-order chi connectivity index (χ1) is 8.97. The molecule has 0 spiro atoms. The van der Waals surface area contributed by atoms with E-state index in [1.54, 1.807) is 13.1 Å². The van der Waals surface area contributed by atoms with Crippen molar-refractivity contribution >= 4 is 11.9 Å². The number of aromatic nitrogens is 3. The number of aliphatic carboxylic acids is 1. The second-order valence-corrected chi connectivity index (χ2v) is 4.24. The van der Waals surface area contributed by atoms with Gasteiger partial charge in [-0.3, -0.25) is 9.59 Å². The highest BCUT2D eigenvalue weighted by Gasteiger charge is 2.21. The van der Waals surface area contributed by atoms with Crippen LogP contribution in [0.2, 0.25) is 0 Å². The molecule has 1 rings (SSSR count). The average molecular weight is 269 g/mol. The average Bonchev–Trinajstić information content (AvgIpc) is 2.76. The smallest absolute Gasteiger partial charge is 0.305 e. The largest absolute Gasteiger partial charge is 0.481 e. The number of carbonyl (C=O) groups excluding carboxylic acids is 1. The number of nitrogens with zero attached hydrogens (tertiary/aromatic N) is 4. The molecule has 1 heterocycles. The van der Waals surface area contributed by atoms with Gasteiger partial charge in [-0.1, -0.05) is 5.21 Å². The molecule has 0 radical (unpaired) electrons. The van der Waals surface area contributed by atoms with E-state index in [1.165, 1.54) is 9.58 Å². The van der Waals surface area contributed by atoms with Crippen LogP contribution in [-0.2, 0) is 22.7 Å². The monoisotopic (exact) mass is 269 g/mol. The highest BCUT2D eigenvalue weighted by Crippen LogP contribution is 2.05. The molecule has 8 nitrogen and oxygen atoms in total. The van der Waals surface area contributed by atoms with Gasteiger partial charge in [0.15, 0.2) is 0 Å². The Morgan fingerprint density at radius 1 is 1.58 bits per heavy atom. The van der Waals surface area contributed by atoms with Gasteiger partial charge in [0.25, 0.3) is 0 Å². The summed E-state index contributed by atoms with van der Waals surface area (Å²) in [6.07, 6.45) is 1.53. The van der Waals surface area contributed by atoms with Crippen molar-refractivity contribution < 1.29 is 14.7 Å². The number of likely N-dealkylation sites (N-methyl/N-ethyl adjacent to an activating group) is 1. The van der Waals surface area contributed by atoms with Crippen molar-refractivity contribution in [2.24, 2.45) is 5.73 Å². The van der Waals surface area contributed by atoms with Crippen LogP contribution >= 0.6 is 0 Å². The molecule has 1 atom stereocenters. The summed E-state index contributed by atoms with van der Waals surface area (Å²) >= 11 is 0. The van der Waals surface area contributed by atoms with E-state index in [4.69, 9.17) is 10.8 Å². The van der Waals surface area contributed by atoms with Crippen molar-refractivity contribution in [1.82, 2.24) is 19.9 Å². The molecule has 0 aliphatic carbocycles. The Labute approximate surface area is 111 Å². The fraction of sp³-hybridized carbons (Fsp3) is 0.636. The highest BCUT2D eigenvalue weighted by molar-refractivity contribution is 5.77. The van der Waals surface area contributed by atoms with Gasteiger partial charge in [0, 0.05) is 19.1 Å². The lowest BCUT2D eigenvalue weighted by molar-refractivity contribution is -0.140. The van der Waals surface area contributed by atoms with Crippen molar-refractivity contribution in [3.63, 3.8) is 0 Å². The first-order valence-electron chi connectivity index (χ1n) is 6.08. The third-order valence-corrected chi connectivity index (χ3v) is 2.76. The van der Waals surface area contributed by atoms with Crippen LogP contribution in [0, 0.1) is 0 Å². The predicted molar refractivity (Wildman–Crippen MR) is 67.0 cm³/mol. The Morgan fingerprint density at radius 3 is 2.74 bits per heavy atom. The lowest BCUT2D eigenvalue weighted by Gasteiger charge is -2.26. The minimum atomic E-state index is -0.926. The standard InChI is InChI=1S/C11H19N5O3/c1-3-16(8(2)4-11(18)19)10(17)7-15-6-9(5-12)13-14-15/h6,8H,3-5,7,12H2,1-2H3,(H,18,19). The first kappa shape index (κ1) is 15.1. The lowest BCUT2D eigenvalue weighted by Crippen LogP contribution is -2.41. The molecule has 1 unspecified atom stereocenters. The van der Waals surface area contributed by atoms with Crippen LogP contribution < -0.4 is 5.73 Å². The van der Waals surface area contributed by atoms with E-state index in [1.807, 2.05) is 6.92 Å². The molecule has 0 aromatic carbocycles. The van der Waals surface area contributed by atoms with Gasteiger partial charge in [-0.05, 0) is 13.8 Å². The molecule has 0 saturated heterocycles. The summed E-state index contributed by atoms with van der Waals surface area (Å²) in [4.78, 5) is 24.3. The maximum atomic E-state index is 12.1. The first-order valence-corrected chi connectivity index (χ1v) is 6.08. The zero-order valence-electron chi connectivity index (χ0n) is 11.1. The molecule has 3 N–H and O–H groups in total. The molecule has 0 fully saturated rings. The third kappa shape index (κ3) is 4.32. The quantitative estimate of drug-likeness (QED) is 0.686. The summed E-state index contributed by atoms with van der Waals surface area (Å²) in [5, 5.41) is 16.3. The molecule has 0 aliphatic heterocycles. The third-order valence-electron chi connectivity index (χ3n) is 2.76. The summed E-state index contributed by atoms with van der Waals surface area (Å²) in [6, 6.07) is -0.354. The fourth-order valence-corrected chi connectivity index (χ4v) is 1.84. The summed E-state index contributed by atoms with van der Waals surface area (Å²) in [7, 11) is 0. The van der Waals surface area contributed by atoms with Crippen molar-refractivity contribution in [1.29, 1.82) is 0 Å². The molecule has 19 heavy (non-hydrogen) atoms. The van der Waals surface area contributed by atoms with Crippen LogP contribution in [0.15, 0.2) is 6.20 Å². The minimum Gasteiger partial charge on any atom is -0.481 e. The normalized spacial score (nSPS) is 12.2. The van der Waals surface area contributed by atoms with Crippen molar-refractivity contribution in [3.8, 4) is 0 Å². The van der Waals surface area contributed by atoms with Gasteiger partial charge in [0.2, 0.25) is 5.91 Å². The van der Waals surface area contributed by atoms with Gasteiger partial charge < -0.3 is 15.7 Å². The van der Waals surface area contributed by atoms with Gasteiger partial charge in [-0.25, -0.2) is 4.68 Å². The fourth-order valence-electron chi connectivity index (χ4n) is 1.84. The number of hydrogen-bond donors (Lipinski definition) is 2. The molecule has 1 aromatic heterocycles. The van der Waals surface area contributed by atoms with Crippen LogP contribution in [0.25, 0.3) is 0 Å². The van der Waals surface area contributed by atoms with Crippen LogP contribution in [0.5, 0.6) is 0 Å². The Hall–Kier alpha value is -1.96. The van der Waals surface area contributed by atoms with Gasteiger partial charge in [0.05, 0.1) is 18.3 Å². The zero-order chi connectivity index (χ0) is 14.4. The SMILES string of the molecule is CCN(C(=O)Cn1cc(CN)nn1)C(C)CC(=O)O. The second kappa shape index (κ2) is 6.83. The summed E-state index contributed by atoms with van der Waals surface area (Å²) < 4.78 is 1.40. The predicted octanol–water partition coefficient (Wildman–Crippen LogP) is -0.551. The highest BCUT2D eigenvalue weighted by atomic mass is 16.4. The number of rotatable bonds is 7. The molecule has 0 saturated carbocycles. The van der Waals surface area contributed by atoms with Gasteiger partial charge in [-0.2, -0.15) is 0 Å². The van der Waals surface area contributed by atoms with Crippen LogP contribution in [0.4, 0.5) is 0 Å². The minimum absolute atomic E-state index is 0.0325. The lowest BCUT2D eigenvalue weighted by atomic mass is 10.2. The maximum Gasteiger partial charge on any atom is 0.305 e. The number of amides is 1. The van der Waals surface area contributed by atoms with E-state index in [9.17, 15) is 9.59 Å². The number of carboxylic acid groups (broad SMARTS) is 1. The molecule has 1 aromatic rings. The number of nitrogens with two attached hydrogens (primary N) is 1. The molecular weight excluding hydrogens is 250 g/mol. The molecule has 106 valence electrons. The number of carbonyl (C=O) groups is 2. The summed E-state index contributed by atoms with van der Waals surface area (Å²) in [5.74, 6) is -1.12. The summed E-state index contributed by atoms with van der Waals surface area (Å²) in [6.45, 7) is 4.27. The van der Waals surface area contributed by atoms with E-state index in [-0.39, 0.29) is 31.5 Å². The number of hydrogen-bond acceptors (Lipinski definition) is 5. The Balaban J connectivity index is 2.65. The molecule has 0 bridgehead atoms. The zero-order valence-corrected chi connectivity index (χ0v) is 11.1. The molecule has 0 aliphatic rings. The Bertz CT molecular complexity index is 445. The van der Waals surface area contributed by atoms with E-state index in [0.717, 1.165) is 0 Å². The summed E-state index contributed by atoms with van der Waals surface area (Å²) in [5.41, 5.74) is 6.01. The Morgan fingerprint density at radius 2 is 2.26 bits per heavy atom. The van der Waals surface area contributed by atoms with E-state index in [0.29, 0.717) is 12.2 Å². The maximum absolute atomic E-state index is 12.1. The Kier molecular flexibility index (Phi) is 5.43. The van der Waals surface area contributed by atoms with Gasteiger partial charge in [-0.15, -0.1) is 5.10 Å². The van der Waals surface area contributed by atoms with Crippen LogP contribution in [0.3, 0.4) is 0 Å². The van der Waals surface area contributed by atoms with E-state index >= 15 is 0 Å². The molecular formula is C11H19N5O3. The van der Waals surface area contributed by atoms with Gasteiger partial charge in [0.1, 0.15) is 6.54 Å².